The lowest BCUT2D eigenvalue weighted by atomic mass is 10.0. The number of nitrogens with zero attached hydrogens (tertiary/aromatic N) is 2. The van der Waals surface area contributed by atoms with Crippen LogP contribution in [0.3, 0.4) is 0 Å². The van der Waals surface area contributed by atoms with Crippen LogP contribution in [0.1, 0.15) is 31.9 Å². The number of para-hydroxylation sites is 1. The third-order valence-corrected chi connectivity index (χ3v) is 7.05. The Morgan fingerprint density at radius 1 is 1.18 bits per heavy atom. The molecule has 8 heteroatoms. The van der Waals surface area contributed by atoms with Crippen molar-refractivity contribution in [3.8, 4) is 5.75 Å². The summed E-state index contributed by atoms with van der Waals surface area (Å²) >= 11 is 1.48. The second-order valence-electron chi connectivity index (χ2n) is 8.51. The summed E-state index contributed by atoms with van der Waals surface area (Å²) in [6.45, 7) is 5.02. The van der Waals surface area contributed by atoms with Gasteiger partial charge in [0, 0.05) is 42.4 Å². The number of ether oxygens (including phenoxy) is 2. The summed E-state index contributed by atoms with van der Waals surface area (Å²) in [5, 5.41) is 4.97. The summed E-state index contributed by atoms with van der Waals surface area (Å²) in [7, 11) is 3.59. The van der Waals surface area contributed by atoms with Crippen molar-refractivity contribution in [2.75, 3.05) is 30.9 Å². The molecule has 4 rings (SSSR count). The van der Waals surface area contributed by atoms with Crippen LogP contribution in [0.25, 0.3) is 10.9 Å². The average Bonchev–Trinajstić information content (AvgIpc) is 3.01. The molecule has 0 saturated carbocycles. The minimum Gasteiger partial charge on any atom is -0.497 e. The van der Waals surface area contributed by atoms with E-state index >= 15 is 0 Å². The molecule has 0 fully saturated rings. The van der Waals surface area contributed by atoms with Crippen molar-refractivity contribution in [3.63, 3.8) is 0 Å². The van der Waals surface area contributed by atoms with Crippen molar-refractivity contribution >= 4 is 40.2 Å². The van der Waals surface area contributed by atoms with Gasteiger partial charge in [-0.15, -0.1) is 0 Å². The van der Waals surface area contributed by atoms with Gasteiger partial charge in [0.1, 0.15) is 11.8 Å². The van der Waals surface area contributed by atoms with Gasteiger partial charge >= 0.3 is 0 Å². The van der Waals surface area contributed by atoms with Gasteiger partial charge < -0.3 is 19.4 Å². The smallest absolute Gasteiger partial charge is 0.247 e. The lowest BCUT2D eigenvalue weighted by molar-refractivity contribution is -0.125. The number of carbonyl (C=O) groups is 2. The number of anilines is 1. The fraction of sp³-hybridized carbons (Fsp3) is 0.385. The number of methoxy groups -OCH3 is 1. The Bertz CT molecular complexity index is 1170. The quantitative estimate of drug-likeness (QED) is 0.486. The van der Waals surface area contributed by atoms with Crippen LogP contribution in [-0.4, -0.2) is 48.5 Å². The molecule has 1 atom stereocenters. The number of hydrogen-bond donors (Lipinski definition) is 1. The van der Waals surface area contributed by atoms with Crippen molar-refractivity contribution in [2.45, 2.75) is 37.4 Å². The van der Waals surface area contributed by atoms with Crippen LogP contribution >= 0.6 is 11.8 Å². The molecule has 0 aliphatic carbocycles. The molecule has 0 radical (unpaired) electrons. The number of hydrogen-bond acceptors (Lipinski definition) is 5. The first-order valence-corrected chi connectivity index (χ1v) is 12.5. The maximum atomic E-state index is 13.7. The summed E-state index contributed by atoms with van der Waals surface area (Å²) in [6.07, 6.45) is 0.848. The highest BCUT2D eigenvalue weighted by molar-refractivity contribution is 8.00. The number of fused-ring (bicyclic) bond motifs is 3. The predicted octanol–water partition coefficient (Wildman–Crippen LogP) is 4.30. The number of carbonyl (C=O) groups excluding carboxylic acids is 2. The van der Waals surface area contributed by atoms with E-state index in [1.165, 1.54) is 11.8 Å². The fourth-order valence-corrected chi connectivity index (χ4v) is 5.36. The van der Waals surface area contributed by atoms with E-state index in [4.69, 9.17) is 9.47 Å². The summed E-state index contributed by atoms with van der Waals surface area (Å²) in [4.78, 5) is 28.8. The number of benzene rings is 2. The summed E-state index contributed by atoms with van der Waals surface area (Å²) in [5.74, 6) is 0.625. The van der Waals surface area contributed by atoms with E-state index in [1.54, 1.807) is 12.0 Å². The van der Waals surface area contributed by atoms with Crippen LogP contribution in [-0.2, 0) is 21.4 Å². The zero-order chi connectivity index (χ0) is 24.2. The molecule has 2 aromatic carbocycles. The number of amides is 2. The van der Waals surface area contributed by atoms with Crippen LogP contribution in [0.4, 0.5) is 5.69 Å². The van der Waals surface area contributed by atoms with Gasteiger partial charge in [-0.25, -0.2) is 0 Å². The molecule has 7 nitrogen and oxygen atoms in total. The maximum Gasteiger partial charge on any atom is 0.247 e. The van der Waals surface area contributed by atoms with Crippen molar-refractivity contribution in [3.05, 3.63) is 54.1 Å². The Morgan fingerprint density at radius 2 is 1.91 bits per heavy atom. The minimum absolute atomic E-state index is 0.112. The number of aromatic nitrogens is 1. The number of nitrogens with one attached hydrogen (secondary N) is 1. The second-order valence-corrected chi connectivity index (χ2v) is 9.48. The second kappa shape index (κ2) is 10.5. The topological polar surface area (TPSA) is 72.8 Å². The van der Waals surface area contributed by atoms with Gasteiger partial charge in [-0.05, 0) is 50.6 Å². The third-order valence-electron chi connectivity index (χ3n) is 5.89. The van der Waals surface area contributed by atoms with Crippen LogP contribution in [0, 0.1) is 0 Å². The molecule has 1 aromatic heterocycles. The number of thioether (sulfide) groups is 1. The van der Waals surface area contributed by atoms with Gasteiger partial charge in [-0.3, -0.25) is 14.5 Å². The standard InChI is InChI=1S/C26H31N3O4S/c1-17(2)33-15-7-14-27-25(31)24-23-20-8-5-6-9-21(20)28(3)26(23)34-16-22(30)29(24)18-10-12-19(32-4)13-11-18/h5-6,8-13,17,24H,7,14-16H2,1-4H3,(H,27,31). The Labute approximate surface area is 204 Å². The molecule has 1 unspecified atom stereocenters. The van der Waals surface area contributed by atoms with E-state index in [2.05, 4.69) is 9.88 Å². The van der Waals surface area contributed by atoms with Gasteiger partial charge in [0.15, 0.2) is 0 Å². The van der Waals surface area contributed by atoms with Gasteiger partial charge in [0.2, 0.25) is 11.8 Å². The zero-order valence-electron chi connectivity index (χ0n) is 20.0. The van der Waals surface area contributed by atoms with Crippen LogP contribution in [0.5, 0.6) is 5.75 Å². The highest BCUT2D eigenvalue weighted by atomic mass is 32.2. The highest BCUT2D eigenvalue weighted by Gasteiger charge is 2.39. The molecule has 180 valence electrons. The molecule has 3 aromatic rings. The normalized spacial score (nSPS) is 16.0. The third kappa shape index (κ3) is 4.79. The van der Waals surface area contributed by atoms with Crippen LogP contribution in [0.2, 0.25) is 0 Å². The number of aryl methyl sites for hydroxylation is 1. The average molecular weight is 482 g/mol. The molecule has 0 saturated heterocycles. The zero-order valence-corrected chi connectivity index (χ0v) is 20.9. The van der Waals surface area contributed by atoms with Crippen LogP contribution in [0.15, 0.2) is 53.6 Å². The molecular weight excluding hydrogens is 450 g/mol. The van der Waals surface area contributed by atoms with Gasteiger partial charge in [0.25, 0.3) is 0 Å². The Hall–Kier alpha value is -2.97. The number of rotatable bonds is 8. The predicted molar refractivity (Wildman–Crippen MR) is 136 cm³/mol. The molecule has 0 bridgehead atoms. The maximum absolute atomic E-state index is 13.7. The highest BCUT2D eigenvalue weighted by Crippen LogP contribution is 2.43. The van der Waals surface area contributed by atoms with Crippen molar-refractivity contribution < 1.29 is 19.1 Å². The Balaban J connectivity index is 1.76. The molecule has 1 aliphatic heterocycles. The largest absolute Gasteiger partial charge is 0.497 e. The van der Waals surface area contributed by atoms with E-state index in [1.807, 2.05) is 69.4 Å². The van der Waals surface area contributed by atoms with Crippen molar-refractivity contribution in [1.29, 1.82) is 0 Å². The van der Waals surface area contributed by atoms with Gasteiger partial charge in [0.05, 0.1) is 24.0 Å². The molecule has 1 aliphatic rings. The molecule has 1 N–H and O–H groups in total. The minimum atomic E-state index is -0.789. The lowest BCUT2D eigenvalue weighted by Gasteiger charge is -2.30. The van der Waals surface area contributed by atoms with E-state index in [0.29, 0.717) is 31.0 Å². The first kappa shape index (κ1) is 24.2. The van der Waals surface area contributed by atoms with Crippen LogP contribution < -0.4 is 15.0 Å². The monoisotopic (exact) mass is 481 g/mol. The van der Waals surface area contributed by atoms with Crippen molar-refractivity contribution in [2.24, 2.45) is 7.05 Å². The first-order valence-electron chi connectivity index (χ1n) is 11.5. The van der Waals surface area contributed by atoms with E-state index in [0.717, 1.165) is 21.5 Å². The molecule has 2 amide bonds. The van der Waals surface area contributed by atoms with E-state index in [-0.39, 0.29) is 23.7 Å². The fourth-order valence-electron chi connectivity index (χ4n) is 4.29. The molecule has 2 heterocycles. The SMILES string of the molecule is COc1ccc(N2C(=O)CSc3c(c4ccccc4n3C)C2C(=O)NCCCOC(C)C)cc1. The summed E-state index contributed by atoms with van der Waals surface area (Å²) in [5.41, 5.74) is 2.56. The summed E-state index contributed by atoms with van der Waals surface area (Å²) in [6, 6.07) is 14.5. The molecule has 34 heavy (non-hydrogen) atoms. The molecular formula is C26H31N3O4S. The summed E-state index contributed by atoms with van der Waals surface area (Å²) < 4.78 is 13.0. The van der Waals surface area contributed by atoms with Gasteiger partial charge in [-0.2, -0.15) is 0 Å². The Kier molecular flexibility index (Phi) is 7.48. The van der Waals surface area contributed by atoms with Crippen molar-refractivity contribution in [1.82, 2.24) is 9.88 Å². The lowest BCUT2D eigenvalue weighted by Crippen LogP contribution is -2.44. The van der Waals surface area contributed by atoms with E-state index in [9.17, 15) is 9.59 Å². The molecule has 0 spiro atoms. The van der Waals surface area contributed by atoms with Gasteiger partial charge in [-0.1, -0.05) is 30.0 Å². The van der Waals surface area contributed by atoms with E-state index < -0.39 is 6.04 Å². The Morgan fingerprint density at radius 3 is 2.62 bits per heavy atom. The first-order chi connectivity index (χ1) is 16.4.